The monoisotopic (exact) mass is 466 g/mol. The molecule has 2 fully saturated rings. The van der Waals surface area contributed by atoms with Crippen molar-refractivity contribution >= 4 is 11.9 Å². The standard InChI is InChI=1S/C27H34N2O5/c1-25(2,3)34-24(31)27(21-8-6-5-7-9-21)23(30)28-15-14-26(27)19-29(16-17-33-26)18-20-10-12-22(32-4)13-11-20/h5-13H,14-19H2,1-4H3,(H,28,30). The summed E-state index contributed by atoms with van der Waals surface area (Å²) in [5.74, 6) is -0.139. The van der Waals surface area contributed by atoms with Crippen LogP contribution in [0.25, 0.3) is 0 Å². The van der Waals surface area contributed by atoms with E-state index in [1.807, 2.05) is 75.4 Å². The maximum Gasteiger partial charge on any atom is 0.329 e. The minimum absolute atomic E-state index is 0.370. The number of carbonyl (C=O) groups is 2. The molecule has 2 heterocycles. The van der Waals surface area contributed by atoms with E-state index in [1.54, 1.807) is 7.11 Å². The highest BCUT2D eigenvalue weighted by atomic mass is 16.6. The second kappa shape index (κ2) is 9.39. The normalized spacial score (nSPS) is 25.6. The van der Waals surface area contributed by atoms with E-state index in [4.69, 9.17) is 14.2 Å². The average Bonchev–Trinajstić information content (AvgIpc) is 2.79. The van der Waals surface area contributed by atoms with Gasteiger partial charge in [-0.2, -0.15) is 0 Å². The van der Waals surface area contributed by atoms with Crippen LogP contribution in [0.3, 0.4) is 0 Å². The zero-order valence-corrected chi connectivity index (χ0v) is 20.4. The summed E-state index contributed by atoms with van der Waals surface area (Å²) in [6.07, 6.45) is 0.506. The third kappa shape index (κ3) is 4.42. The largest absolute Gasteiger partial charge is 0.497 e. The van der Waals surface area contributed by atoms with Gasteiger partial charge in [0.15, 0.2) is 0 Å². The molecule has 1 amide bonds. The van der Waals surface area contributed by atoms with Crippen molar-refractivity contribution in [3.8, 4) is 5.75 Å². The van der Waals surface area contributed by atoms with Gasteiger partial charge in [0.05, 0.1) is 13.7 Å². The Morgan fingerprint density at radius 1 is 1.12 bits per heavy atom. The Balaban J connectivity index is 1.75. The van der Waals surface area contributed by atoms with E-state index in [1.165, 1.54) is 0 Å². The van der Waals surface area contributed by atoms with Crippen molar-refractivity contribution in [2.45, 2.75) is 50.4 Å². The zero-order chi connectivity index (χ0) is 24.4. The van der Waals surface area contributed by atoms with Gasteiger partial charge in [-0.1, -0.05) is 42.5 Å². The van der Waals surface area contributed by atoms with Gasteiger partial charge in [-0.3, -0.25) is 14.5 Å². The summed E-state index contributed by atoms with van der Waals surface area (Å²) in [5, 5.41) is 2.93. The maximum atomic E-state index is 14.0. The van der Waals surface area contributed by atoms with Gasteiger partial charge in [0, 0.05) is 26.2 Å². The molecule has 2 aromatic carbocycles. The number of amides is 1. The van der Waals surface area contributed by atoms with Crippen molar-refractivity contribution in [1.29, 1.82) is 0 Å². The van der Waals surface area contributed by atoms with E-state index in [0.29, 0.717) is 44.8 Å². The lowest BCUT2D eigenvalue weighted by molar-refractivity contribution is -0.202. The predicted molar refractivity (Wildman–Crippen MR) is 129 cm³/mol. The van der Waals surface area contributed by atoms with Crippen LogP contribution in [0.4, 0.5) is 0 Å². The maximum absolute atomic E-state index is 14.0. The summed E-state index contributed by atoms with van der Waals surface area (Å²) >= 11 is 0. The molecule has 182 valence electrons. The molecule has 2 saturated heterocycles. The van der Waals surface area contributed by atoms with Crippen LogP contribution >= 0.6 is 0 Å². The number of esters is 1. The third-order valence-corrected chi connectivity index (χ3v) is 6.58. The van der Waals surface area contributed by atoms with E-state index in [9.17, 15) is 9.59 Å². The fourth-order valence-corrected chi connectivity index (χ4v) is 5.10. The molecule has 1 N–H and O–H groups in total. The Morgan fingerprint density at radius 2 is 1.82 bits per heavy atom. The smallest absolute Gasteiger partial charge is 0.329 e. The molecule has 2 aliphatic heterocycles. The van der Waals surface area contributed by atoms with Gasteiger partial charge in [-0.15, -0.1) is 0 Å². The first kappa shape index (κ1) is 24.2. The first-order valence-corrected chi connectivity index (χ1v) is 11.8. The van der Waals surface area contributed by atoms with Crippen LogP contribution in [-0.2, 0) is 31.0 Å². The molecule has 0 aliphatic carbocycles. The minimum Gasteiger partial charge on any atom is -0.497 e. The van der Waals surface area contributed by atoms with E-state index < -0.39 is 22.6 Å². The highest BCUT2D eigenvalue weighted by Gasteiger charge is 2.67. The second-order valence-corrected chi connectivity index (χ2v) is 10.0. The summed E-state index contributed by atoms with van der Waals surface area (Å²) in [6.45, 7) is 8.11. The van der Waals surface area contributed by atoms with Crippen molar-refractivity contribution in [2.24, 2.45) is 0 Å². The second-order valence-electron chi connectivity index (χ2n) is 10.0. The van der Waals surface area contributed by atoms with Gasteiger partial charge in [-0.25, -0.2) is 0 Å². The number of methoxy groups -OCH3 is 1. The molecule has 34 heavy (non-hydrogen) atoms. The van der Waals surface area contributed by atoms with Gasteiger partial charge < -0.3 is 19.5 Å². The van der Waals surface area contributed by atoms with Gasteiger partial charge in [0.1, 0.15) is 17.0 Å². The van der Waals surface area contributed by atoms with Crippen LogP contribution in [-0.4, -0.2) is 61.3 Å². The quantitative estimate of drug-likeness (QED) is 0.539. The molecule has 7 nitrogen and oxygen atoms in total. The van der Waals surface area contributed by atoms with Crippen LogP contribution in [0.1, 0.15) is 38.3 Å². The van der Waals surface area contributed by atoms with Gasteiger partial charge in [-0.05, 0) is 50.5 Å². The summed E-state index contributed by atoms with van der Waals surface area (Å²) in [5.41, 5.74) is -1.70. The number of nitrogens with one attached hydrogen (secondary N) is 1. The zero-order valence-electron chi connectivity index (χ0n) is 20.4. The number of piperidine rings is 1. The number of rotatable bonds is 5. The minimum atomic E-state index is -1.61. The number of nitrogens with zero attached hydrogens (tertiary/aromatic N) is 1. The van der Waals surface area contributed by atoms with Crippen LogP contribution in [0.15, 0.2) is 54.6 Å². The molecule has 2 unspecified atom stereocenters. The van der Waals surface area contributed by atoms with E-state index in [2.05, 4.69) is 10.2 Å². The number of morpholine rings is 1. The lowest BCUT2D eigenvalue weighted by Crippen LogP contribution is -2.74. The van der Waals surface area contributed by atoms with Gasteiger partial charge in [0.2, 0.25) is 11.3 Å². The predicted octanol–water partition coefficient (Wildman–Crippen LogP) is 3.07. The van der Waals surface area contributed by atoms with Gasteiger partial charge in [0.25, 0.3) is 0 Å². The molecule has 1 spiro atoms. The molecule has 0 radical (unpaired) electrons. The van der Waals surface area contributed by atoms with Crippen molar-refractivity contribution in [3.05, 3.63) is 65.7 Å². The summed E-state index contributed by atoms with van der Waals surface area (Å²) in [6, 6.07) is 17.1. The molecule has 4 rings (SSSR count). The third-order valence-electron chi connectivity index (χ3n) is 6.58. The van der Waals surface area contributed by atoms with Crippen LogP contribution < -0.4 is 10.1 Å². The fourth-order valence-electron chi connectivity index (χ4n) is 5.10. The number of ether oxygens (including phenoxy) is 3. The van der Waals surface area contributed by atoms with Crippen molar-refractivity contribution in [3.63, 3.8) is 0 Å². The molecular formula is C27H34N2O5. The first-order valence-electron chi connectivity index (χ1n) is 11.8. The Kier molecular flexibility index (Phi) is 6.69. The lowest BCUT2D eigenvalue weighted by atomic mass is 9.62. The van der Waals surface area contributed by atoms with Crippen LogP contribution in [0.5, 0.6) is 5.75 Å². The molecule has 7 heteroatoms. The van der Waals surface area contributed by atoms with Crippen LogP contribution in [0, 0.1) is 0 Å². The van der Waals surface area contributed by atoms with E-state index in [0.717, 1.165) is 11.3 Å². The van der Waals surface area contributed by atoms with E-state index in [-0.39, 0.29) is 5.91 Å². The molecule has 0 aromatic heterocycles. The highest BCUT2D eigenvalue weighted by molar-refractivity contribution is 6.11. The number of carbonyl (C=O) groups excluding carboxylic acids is 2. The van der Waals surface area contributed by atoms with Crippen molar-refractivity contribution in [1.82, 2.24) is 10.2 Å². The number of hydrogen-bond acceptors (Lipinski definition) is 6. The average molecular weight is 467 g/mol. The number of benzene rings is 2. The summed E-state index contributed by atoms with van der Waals surface area (Å²) < 4.78 is 17.6. The lowest BCUT2D eigenvalue weighted by Gasteiger charge is -2.54. The van der Waals surface area contributed by atoms with Crippen LogP contribution in [0.2, 0.25) is 0 Å². The summed E-state index contributed by atoms with van der Waals surface area (Å²) in [4.78, 5) is 29.9. The molecule has 2 atom stereocenters. The van der Waals surface area contributed by atoms with Gasteiger partial charge >= 0.3 is 5.97 Å². The molecular weight excluding hydrogens is 432 g/mol. The first-order chi connectivity index (χ1) is 16.2. The van der Waals surface area contributed by atoms with E-state index >= 15 is 0 Å². The Labute approximate surface area is 201 Å². The Bertz CT molecular complexity index is 1010. The number of hydrogen-bond donors (Lipinski definition) is 1. The van der Waals surface area contributed by atoms with Crippen molar-refractivity contribution in [2.75, 3.05) is 33.4 Å². The molecule has 2 aliphatic rings. The molecule has 0 saturated carbocycles. The molecule has 0 bridgehead atoms. The summed E-state index contributed by atoms with van der Waals surface area (Å²) in [7, 11) is 1.65. The topological polar surface area (TPSA) is 77.1 Å². The Morgan fingerprint density at radius 3 is 2.47 bits per heavy atom. The molecule has 2 aromatic rings. The Hall–Kier alpha value is -2.90. The SMILES string of the molecule is COc1ccc(CN2CCOC3(CCNC(=O)C3(C(=O)OC(C)(C)C)c3ccccc3)C2)cc1. The highest BCUT2D eigenvalue weighted by Crippen LogP contribution is 2.46. The van der Waals surface area contributed by atoms with Crippen molar-refractivity contribution < 1.29 is 23.8 Å². The fraction of sp³-hybridized carbons (Fsp3) is 0.481.